The minimum Gasteiger partial charge on any atom is -0.407 e. The van der Waals surface area contributed by atoms with Crippen LogP contribution < -0.4 is 5.73 Å². The van der Waals surface area contributed by atoms with Gasteiger partial charge in [0.2, 0.25) is 8.32 Å². The van der Waals surface area contributed by atoms with Gasteiger partial charge in [0.15, 0.2) is 18.0 Å². The summed E-state index contributed by atoms with van der Waals surface area (Å²) in [7, 11) is -2.30. The fourth-order valence-corrected chi connectivity index (χ4v) is 11.9. The van der Waals surface area contributed by atoms with Crippen LogP contribution >= 0.6 is 11.8 Å². The molecular weight excluding hydrogens is 457 g/mol. The fraction of sp³-hybridized carbons (Fsp3) is 0.783. The number of nitrogen functional groups attached to an aromatic ring is 1. The number of anilines is 1. The van der Waals surface area contributed by atoms with Gasteiger partial charge in [-0.3, -0.25) is 0 Å². The Labute approximate surface area is 202 Å². The molecule has 1 aliphatic heterocycles. The molecule has 0 unspecified atom stereocenters. The van der Waals surface area contributed by atoms with Crippen molar-refractivity contribution in [1.29, 1.82) is 0 Å². The maximum atomic E-state index is 16.2. The first-order chi connectivity index (χ1) is 15.6. The molecule has 7 nitrogen and oxygen atoms in total. The first kappa shape index (κ1) is 26.4. The van der Waals surface area contributed by atoms with E-state index >= 15 is 4.39 Å². The zero-order chi connectivity index (χ0) is 24.5. The van der Waals surface area contributed by atoms with Gasteiger partial charge < -0.3 is 14.9 Å². The lowest BCUT2D eigenvalue weighted by molar-refractivity contribution is -0.0298. The highest BCUT2D eigenvalue weighted by Gasteiger charge is 2.54. The molecule has 0 aromatic carbocycles. The topological polar surface area (TPSA) is 88.1 Å². The zero-order valence-corrected chi connectivity index (χ0v) is 23.0. The lowest BCUT2D eigenvalue weighted by atomic mass is 10.1. The summed E-state index contributed by atoms with van der Waals surface area (Å²) in [5.74, 6) is 1.23. The van der Waals surface area contributed by atoms with Gasteiger partial charge >= 0.3 is 0 Å². The van der Waals surface area contributed by atoms with Crippen LogP contribution in [0, 0.1) is 0 Å². The average molecular weight is 498 g/mol. The molecule has 2 N–H and O–H groups in total. The highest BCUT2D eigenvalue weighted by molar-refractivity contribution is 7.99. The molecule has 10 heteroatoms. The first-order valence-electron chi connectivity index (χ1n) is 12.2. The van der Waals surface area contributed by atoms with Crippen LogP contribution in [0.5, 0.6) is 0 Å². The third-order valence-corrected chi connectivity index (χ3v) is 14.2. The molecule has 4 atom stereocenters. The van der Waals surface area contributed by atoms with Crippen LogP contribution in [0.2, 0.25) is 16.6 Å². The van der Waals surface area contributed by atoms with Crippen molar-refractivity contribution in [2.45, 2.75) is 114 Å². The van der Waals surface area contributed by atoms with E-state index in [-0.39, 0.29) is 6.10 Å². The average Bonchev–Trinajstić information content (AvgIpc) is 3.27. The van der Waals surface area contributed by atoms with E-state index in [9.17, 15) is 0 Å². The molecule has 0 radical (unpaired) electrons. The summed E-state index contributed by atoms with van der Waals surface area (Å²) in [6.07, 6.45) is -0.215. The number of ether oxygens (including phenoxy) is 1. The Morgan fingerprint density at radius 3 is 2.33 bits per heavy atom. The number of alkyl halides is 1. The van der Waals surface area contributed by atoms with Gasteiger partial charge in [-0.15, -0.1) is 11.8 Å². The van der Waals surface area contributed by atoms with Crippen LogP contribution in [-0.4, -0.2) is 52.2 Å². The number of nitrogens with two attached hydrogens (primary N) is 1. The van der Waals surface area contributed by atoms with Crippen molar-refractivity contribution in [3.05, 3.63) is 6.33 Å². The summed E-state index contributed by atoms with van der Waals surface area (Å²) in [4.78, 5) is 8.54. The molecule has 2 aromatic rings. The van der Waals surface area contributed by atoms with Crippen LogP contribution in [0.1, 0.15) is 74.5 Å². The molecule has 0 bridgehead atoms. The van der Waals surface area contributed by atoms with E-state index in [0.717, 1.165) is 12.2 Å². The standard InChI is InChI=1S/C23H40FN5O2SSi/c1-9-11-32-22-17-20(25)26-12-27-21(17)29(28-22)23-18(24)19(16(10-2)30-23)31-33(13(3)4,14(5)6)15(7)8/h12-16,18-19,23H,9-11H2,1-8H3,(H2,25,26,27)/t16-,18+,19-,23-/m1/s1. The van der Waals surface area contributed by atoms with Gasteiger partial charge in [-0.1, -0.05) is 55.4 Å². The number of aromatic nitrogens is 4. The van der Waals surface area contributed by atoms with Crippen molar-refractivity contribution in [3.8, 4) is 0 Å². The maximum Gasteiger partial charge on any atom is 0.201 e. The molecule has 186 valence electrons. The lowest BCUT2D eigenvalue weighted by Gasteiger charge is -2.44. The fourth-order valence-electron chi connectivity index (χ4n) is 5.45. The van der Waals surface area contributed by atoms with Crippen molar-refractivity contribution in [1.82, 2.24) is 19.7 Å². The minimum atomic E-state index is -2.30. The number of halogens is 1. The van der Waals surface area contributed by atoms with Crippen molar-refractivity contribution >= 4 is 36.9 Å². The molecular formula is C23H40FN5O2SSi. The smallest absolute Gasteiger partial charge is 0.201 e. The second-order valence-electron chi connectivity index (χ2n) is 9.87. The Morgan fingerprint density at radius 1 is 1.15 bits per heavy atom. The van der Waals surface area contributed by atoms with E-state index in [4.69, 9.17) is 20.0 Å². The third kappa shape index (κ3) is 4.68. The molecule has 3 rings (SSSR count). The highest BCUT2D eigenvalue weighted by Crippen LogP contribution is 2.47. The Balaban J connectivity index is 2.02. The van der Waals surface area contributed by atoms with Crippen molar-refractivity contribution in [2.75, 3.05) is 11.5 Å². The molecule has 1 fully saturated rings. The van der Waals surface area contributed by atoms with Crippen LogP contribution in [0.4, 0.5) is 10.2 Å². The summed E-state index contributed by atoms with van der Waals surface area (Å²) >= 11 is 1.58. The Bertz CT molecular complexity index is 919. The minimum absolute atomic E-state index is 0.349. The second kappa shape index (κ2) is 10.6. The molecule has 0 aliphatic carbocycles. The summed E-state index contributed by atoms with van der Waals surface area (Å²) in [5, 5.41) is 6.10. The molecule has 33 heavy (non-hydrogen) atoms. The zero-order valence-electron chi connectivity index (χ0n) is 21.2. The van der Waals surface area contributed by atoms with Crippen molar-refractivity contribution in [3.63, 3.8) is 0 Å². The largest absolute Gasteiger partial charge is 0.407 e. The maximum absolute atomic E-state index is 16.2. The monoisotopic (exact) mass is 497 g/mol. The predicted molar refractivity (Wildman–Crippen MR) is 136 cm³/mol. The number of thioether (sulfide) groups is 1. The molecule has 2 aromatic heterocycles. The summed E-state index contributed by atoms with van der Waals surface area (Å²) in [6, 6.07) is 0. The van der Waals surface area contributed by atoms with Crippen LogP contribution in [-0.2, 0) is 9.16 Å². The normalized spacial score (nSPS) is 24.1. The summed E-state index contributed by atoms with van der Waals surface area (Å²) in [5.41, 5.74) is 7.75. The summed E-state index contributed by atoms with van der Waals surface area (Å²) < 4.78 is 31.0. The number of fused-ring (bicyclic) bond motifs is 1. The van der Waals surface area contributed by atoms with Crippen LogP contribution in [0.15, 0.2) is 11.4 Å². The quantitative estimate of drug-likeness (QED) is 0.312. The predicted octanol–water partition coefficient (Wildman–Crippen LogP) is 6.12. The number of hydrogen-bond acceptors (Lipinski definition) is 7. The number of rotatable bonds is 10. The Morgan fingerprint density at radius 2 is 1.79 bits per heavy atom. The van der Waals surface area contributed by atoms with Crippen molar-refractivity contribution < 1.29 is 13.6 Å². The molecule has 1 aliphatic rings. The Hall–Kier alpha value is -1.23. The van der Waals surface area contributed by atoms with Gasteiger partial charge in [-0.25, -0.2) is 19.0 Å². The van der Waals surface area contributed by atoms with Crippen molar-refractivity contribution in [2.24, 2.45) is 0 Å². The van der Waals surface area contributed by atoms with E-state index in [2.05, 4.69) is 58.4 Å². The molecule has 0 amide bonds. The Kier molecular flexibility index (Phi) is 8.45. The van der Waals surface area contributed by atoms with Gasteiger partial charge in [-0.2, -0.15) is 5.10 Å². The third-order valence-electron chi connectivity index (χ3n) is 6.89. The second-order valence-corrected chi connectivity index (χ2v) is 16.4. The van der Waals surface area contributed by atoms with Gasteiger partial charge in [0.25, 0.3) is 0 Å². The number of hydrogen-bond donors (Lipinski definition) is 1. The number of nitrogens with zero attached hydrogens (tertiary/aromatic N) is 4. The molecule has 1 saturated heterocycles. The van der Waals surface area contributed by atoms with Crippen LogP contribution in [0.25, 0.3) is 11.0 Å². The van der Waals surface area contributed by atoms with Crippen LogP contribution in [0.3, 0.4) is 0 Å². The highest BCUT2D eigenvalue weighted by atomic mass is 32.2. The lowest BCUT2D eigenvalue weighted by Crippen LogP contribution is -2.53. The first-order valence-corrected chi connectivity index (χ1v) is 15.3. The molecule has 0 saturated carbocycles. The van der Waals surface area contributed by atoms with E-state index in [1.165, 1.54) is 6.33 Å². The van der Waals surface area contributed by atoms with Gasteiger partial charge in [0.05, 0.1) is 11.5 Å². The van der Waals surface area contributed by atoms with Gasteiger partial charge in [0, 0.05) is 0 Å². The van der Waals surface area contributed by atoms with Gasteiger partial charge in [-0.05, 0) is 35.2 Å². The molecule has 0 spiro atoms. The summed E-state index contributed by atoms with van der Waals surface area (Å²) in [6.45, 7) is 17.4. The SMILES string of the molecule is CCCSc1nn([C@@H]2O[C@H](CC)[C@@H](O[Si](C(C)C)(C(C)C)C(C)C)[C@@H]2F)c2ncnc(N)c12. The molecule has 3 heterocycles. The van der Waals surface area contributed by atoms with E-state index in [1.54, 1.807) is 16.4 Å². The van der Waals surface area contributed by atoms with Gasteiger partial charge in [0.1, 0.15) is 23.3 Å². The van der Waals surface area contributed by atoms with E-state index in [1.807, 2.05) is 6.92 Å². The van der Waals surface area contributed by atoms with E-state index < -0.39 is 26.8 Å². The van der Waals surface area contributed by atoms with E-state index in [0.29, 0.717) is 44.9 Å².